The monoisotopic (exact) mass is 225 g/mol. The molecule has 1 aromatic rings. The maximum Gasteiger partial charge on any atom is 0.413 e. The van der Waals surface area contributed by atoms with E-state index in [1.54, 1.807) is 0 Å². The topological polar surface area (TPSA) is 93.4 Å². The fourth-order valence-electron chi connectivity index (χ4n) is 0.964. The minimum Gasteiger partial charge on any atom is -0.476 e. The zero-order valence-corrected chi connectivity index (χ0v) is 8.64. The van der Waals surface area contributed by atoms with Crippen molar-refractivity contribution in [3.8, 4) is 0 Å². The van der Waals surface area contributed by atoms with Crippen LogP contribution >= 0.6 is 0 Å². The third-order valence-electron chi connectivity index (χ3n) is 1.66. The summed E-state index contributed by atoms with van der Waals surface area (Å²) in [6.45, 7) is 3.46. The van der Waals surface area contributed by atoms with Crippen molar-refractivity contribution in [2.75, 3.05) is 11.9 Å². The summed E-state index contributed by atoms with van der Waals surface area (Å²) in [4.78, 5) is 21.7. The number of hydrogen-bond acceptors (Lipinski definition) is 4. The highest BCUT2D eigenvalue weighted by atomic mass is 16.5. The van der Waals surface area contributed by atoms with E-state index in [0.29, 0.717) is 0 Å². The number of carbonyl (C=O) groups is 2. The van der Waals surface area contributed by atoms with Gasteiger partial charge in [0.2, 0.25) is 0 Å². The summed E-state index contributed by atoms with van der Waals surface area (Å²) in [7, 11) is 1.51. The molecule has 1 rings (SSSR count). The number of aryl methyl sites for hydroxylation is 1. The molecule has 0 fully saturated rings. The molecule has 0 aliphatic rings. The van der Waals surface area contributed by atoms with Gasteiger partial charge in [0, 0.05) is 13.1 Å². The lowest BCUT2D eigenvalue weighted by Gasteiger charge is -2.04. The number of hydrogen-bond donors (Lipinski definition) is 2. The Bertz CT molecular complexity index is 424. The second-order valence-electron chi connectivity index (χ2n) is 2.86. The Morgan fingerprint density at radius 1 is 1.75 bits per heavy atom. The van der Waals surface area contributed by atoms with Crippen LogP contribution in [0.25, 0.3) is 0 Å². The third-order valence-corrected chi connectivity index (χ3v) is 1.66. The first-order valence-corrected chi connectivity index (χ1v) is 4.36. The first-order chi connectivity index (χ1) is 7.54. The van der Waals surface area contributed by atoms with Crippen molar-refractivity contribution < 1.29 is 19.4 Å². The van der Waals surface area contributed by atoms with E-state index in [1.165, 1.54) is 23.9 Å². The fraction of sp³-hybridized carbons (Fsp3) is 0.222. The van der Waals surface area contributed by atoms with E-state index in [4.69, 9.17) is 5.11 Å². The van der Waals surface area contributed by atoms with Gasteiger partial charge in [-0.15, -0.1) is 0 Å². The van der Waals surface area contributed by atoms with Crippen LogP contribution in [0.4, 0.5) is 10.6 Å². The van der Waals surface area contributed by atoms with Gasteiger partial charge in [0.25, 0.3) is 0 Å². The van der Waals surface area contributed by atoms with Gasteiger partial charge >= 0.3 is 12.1 Å². The molecule has 16 heavy (non-hydrogen) atoms. The van der Waals surface area contributed by atoms with E-state index in [0.717, 1.165) is 0 Å². The Labute approximate surface area is 91.3 Å². The maximum atomic E-state index is 11.1. The van der Waals surface area contributed by atoms with Gasteiger partial charge < -0.3 is 9.84 Å². The van der Waals surface area contributed by atoms with Crippen LogP contribution < -0.4 is 5.32 Å². The first kappa shape index (κ1) is 11.8. The number of nitrogens with one attached hydrogen (secondary N) is 1. The molecule has 0 saturated heterocycles. The quantitative estimate of drug-likeness (QED) is 0.741. The molecule has 0 aliphatic heterocycles. The number of carboxylic acids is 1. The lowest BCUT2D eigenvalue weighted by Crippen LogP contribution is -2.15. The van der Waals surface area contributed by atoms with Gasteiger partial charge in [-0.2, -0.15) is 5.10 Å². The Hall–Kier alpha value is -2.31. The molecule has 0 aromatic carbocycles. The number of anilines is 1. The van der Waals surface area contributed by atoms with E-state index >= 15 is 0 Å². The van der Waals surface area contributed by atoms with Crippen molar-refractivity contribution in [3.05, 3.63) is 24.4 Å². The molecule has 0 unspecified atom stereocenters. The number of aromatic carboxylic acids is 1. The van der Waals surface area contributed by atoms with Crippen molar-refractivity contribution in [2.45, 2.75) is 0 Å². The summed E-state index contributed by atoms with van der Waals surface area (Å²) in [5, 5.41) is 14.7. The standard InChI is InChI=1S/C9H11N3O4/c1-3-4-16-9(15)10-7-5-6(8(13)14)11-12(7)2/h3,5H,1,4H2,2H3,(H,10,15)(H,13,14). The van der Waals surface area contributed by atoms with Crippen LogP contribution in [0.3, 0.4) is 0 Å². The van der Waals surface area contributed by atoms with Crippen LogP contribution in [0.2, 0.25) is 0 Å². The molecule has 0 bridgehead atoms. The molecule has 2 N–H and O–H groups in total. The molecule has 7 heteroatoms. The van der Waals surface area contributed by atoms with Crippen molar-refractivity contribution in [1.82, 2.24) is 9.78 Å². The molecule has 1 heterocycles. The average molecular weight is 225 g/mol. The number of nitrogens with zero attached hydrogens (tertiary/aromatic N) is 2. The second kappa shape index (κ2) is 4.96. The Kier molecular flexibility index (Phi) is 3.65. The first-order valence-electron chi connectivity index (χ1n) is 4.36. The zero-order valence-electron chi connectivity index (χ0n) is 8.64. The van der Waals surface area contributed by atoms with Crippen molar-refractivity contribution in [3.63, 3.8) is 0 Å². The lowest BCUT2D eigenvalue weighted by molar-refractivity contribution is 0.0689. The Morgan fingerprint density at radius 2 is 2.44 bits per heavy atom. The van der Waals surface area contributed by atoms with Crippen molar-refractivity contribution >= 4 is 17.9 Å². The Balaban J connectivity index is 2.70. The molecule has 7 nitrogen and oxygen atoms in total. The number of aromatic nitrogens is 2. The molecule has 0 aliphatic carbocycles. The van der Waals surface area contributed by atoms with E-state index in [9.17, 15) is 9.59 Å². The van der Waals surface area contributed by atoms with Gasteiger partial charge in [-0.3, -0.25) is 10.00 Å². The smallest absolute Gasteiger partial charge is 0.413 e. The fourth-order valence-corrected chi connectivity index (χ4v) is 0.964. The predicted octanol–water partition coefficient (Wildman–Crippen LogP) is 0.853. The van der Waals surface area contributed by atoms with Gasteiger partial charge in [-0.25, -0.2) is 9.59 Å². The van der Waals surface area contributed by atoms with Crippen LogP contribution in [-0.4, -0.2) is 33.6 Å². The molecule has 1 aromatic heterocycles. The number of rotatable bonds is 4. The third kappa shape index (κ3) is 2.84. The normalized spacial score (nSPS) is 9.56. The molecular weight excluding hydrogens is 214 g/mol. The summed E-state index contributed by atoms with van der Waals surface area (Å²) < 4.78 is 5.90. The predicted molar refractivity (Wildman–Crippen MR) is 55.3 cm³/mol. The van der Waals surface area contributed by atoms with E-state index in [1.807, 2.05) is 0 Å². The van der Waals surface area contributed by atoms with E-state index < -0.39 is 12.1 Å². The highest BCUT2D eigenvalue weighted by Gasteiger charge is 2.13. The number of carbonyl (C=O) groups excluding carboxylic acids is 1. The van der Waals surface area contributed by atoms with Gasteiger partial charge in [0.15, 0.2) is 5.69 Å². The van der Waals surface area contributed by atoms with Gasteiger partial charge in [-0.1, -0.05) is 12.7 Å². The summed E-state index contributed by atoms with van der Waals surface area (Å²) in [6.07, 6.45) is 0.728. The van der Waals surface area contributed by atoms with Gasteiger partial charge in [0.05, 0.1) is 0 Å². The second-order valence-corrected chi connectivity index (χ2v) is 2.86. The molecule has 0 radical (unpaired) electrons. The van der Waals surface area contributed by atoms with E-state index in [-0.39, 0.29) is 18.1 Å². The molecule has 0 atom stereocenters. The molecular formula is C9H11N3O4. The highest BCUT2D eigenvalue weighted by molar-refractivity contribution is 5.89. The Morgan fingerprint density at radius 3 is 2.94 bits per heavy atom. The largest absolute Gasteiger partial charge is 0.476 e. The zero-order chi connectivity index (χ0) is 12.1. The average Bonchev–Trinajstić information content (AvgIpc) is 2.57. The minimum atomic E-state index is -1.16. The number of amides is 1. The van der Waals surface area contributed by atoms with Crippen molar-refractivity contribution in [2.24, 2.45) is 7.05 Å². The number of ether oxygens (including phenoxy) is 1. The van der Waals surface area contributed by atoms with Crippen LogP contribution in [0.1, 0.15) is 10.5 Å². The minimum absolute atomic E-state index is 0.0788. The SMILES string of the molecule is C=CCOC(=O)Nc1cc(C(=O)O)nn1C. The molecule has 0 spiro atoms. The summed E-state index contributed by atoms with van der Waals surface area (Å²) >= 11 is 0. The summed E-state index contributed by atoms with van der Waals surface area (Å²) in [5.74, 6) is -0.922. The van der Waals surface area contributed by atoms with Crippen LogP contribution in [0.5, 0.6) is 0 Å². The molecule has 86 valence electrons. The highest BCUT2D eigenvalue weighted by Crippen LogP contribution is 2.09. The summed E-state index contributed by atoms with van der Waals surface area (Å²) in [5.41, 5.74) is -0.151. The van der Waals surface area contributed by atoms with Crippen LogP contribution in [0, 0.1) is 0 Å². The van der Waals surface area contributed by atoms with Gasteiger partial charge in [-0.05, 0) is 0 Å². The van der Waals surface area contributed by atoms with Gasteiger partial charge in [0.1, 0.15) is 12.4 Å². The molecule has 1 amide bonds. The summed E-state index contributed by atoms with van der Waals surface area (Å²) in [6, 6.07) is 1.23. The molecule has 0 saturated carbocycles. The van der Waals surface area contributed by atoms with Crippen LogP contribution in [0.15, 0.2) is 18.7 Å². The maximum absolute atomic E-state index is 11.1. The lowest BCUT2D eigenvalue weighted by atomic mass is 10.4. The van der Waals surface area contributed by atoms with Crippen molar-refractivity contribution in [1.29, 1.82) is 0 Å². The number of carboxylic acid groups (broad SMARTS) is 1. The van der Waals surface area contributed by atoms with E-state index in [2.05, 4.69) is 21.7 Å². The van der Waals surface area contributed by atoms with Crippen LogP contribution in [-0.2, 0) is 11.8 Å².